The van der Waals surface area contributed by atoms with Gasteiger partial charge >= 0.3 is 0 Å². The summed E-state index contributed by atoms with van der Waals surface area (Å²) in [6, 6.07) is 6.59. The first kappa shape index (κ1) is 18.9. The highest BCUT2D eigenvalue weighted by atomic mass is 19.1. The van der Waals surface area contributed by atoms with E-state index in [2.05, 4.69) is 15.3 Å². The molecule has 146 valence electrons. The third-order valence-corrected chi connectivity index (χ3v) is 7.05. The summed E-state index contributed by atoms with van der Waals surface area (Å²) in [5, 5.41) is 21.2. The number of carbonyl (C=O) groups is 1. The van der Waals surface area contributed by atoms with E-state index in [9.17, 15) is 24.1 Å². The highest BCUT2D eigenvalue weighted by Crippen LogP contribution is 2.70. The van der Waals surface area contributed by atoms with Crippen LogP contribution in [0.3, 0.4) is 0 Å². The van der Waals surface area contributed by atoms with Gasteiger partial charge in [0, 0.05) is 11.5 Å². The Morgan fingerprint density at radius 2 is 1.69 bits per heavy atom. The second kappa shape index (κ2) is 5.81. The van der Waals surface area contributed by atoms with Crippen LogP contribution in [0, 0.1) is 39.7 Å². The van der Waals surface area contributed by atoms with Crippen molar-refractivity contribution in [3.8, 4) is 12.1 Å². The van der Waals surface area contributed by atoms with Crippen LogP contribution in [0.4, 0.5) is 14.5 Å². The van der Waals surface area contributed by atoms with Crippen molar-refractivity contribution >= 4 is 11.6 Å². The number of amides is 1. The molecule has 8 heteroatoms. The van der Waals surface area contributed by atoms with E-state index in [0.717, 1.165) is 18.2 Å². The second-order valence-corrected chi connectivity index (χ2v) is 8.28. The van der Waals surface area contributed by atoms with Crippen LogP contribution in [0.2, 0.25) is 0 Å². The van der Waals surface area contributed by atoms with Gasteiger partial charge in [0.1, 0.15) is 23.8 Å². The Kier molecular flexibility index (Phi) is 3.79. The first-order valence-electron chi connectivity index (χ1n) is 9.12. The number of hydrogen-bond acceptors (Lipinski definition) is 5. The first-order chi connectivity index (χ1) is 13.6. The fourth-order valence-corrected chi connectivity index (χ4v) is 4.96. The van der Waals surface area contributed by atoms with Crippen molar-refractivity contribution in [1.29, 1.82) is 10.5 Å². The lowest BCUT2D eigenvalue weighted by atomic mass is 9.63. The summed E-state index contributed by atoms with van der Waals surface area (Å²) in [4.78, 5) is 22.3. The fraction of sp³-hybridized carbons (Fsp3) is 0.381. The maximum atomic E-state index is 14.1. The maximum absolute atomic E-state index is 14.1. The molecule has 0 spiro atoms. The van der Waals surface area contributed by atoms with Gasteiger partial charge in [-0.1, -0.05) is 20.8 Å². The van der Waals surface area contributed by atoms with E-state index in [1.807, 2.05) is 32.9 Å². The summed E-state index contributed by atoms with van der Waals surface area (Å²) in [5.41, 5.74) is -2.08. The molecule has 0 radical (unpaired) electrons. The number of halogens is 2. The molecule has 2 aromatic rings. The molecule has 4 rings (SSSR count). The smallest absolute Gasteiger partial charge is 0.237 e. The van der Waals surface area contributed by atoms with E-state index < -0.39 is 33.8 Å². The SMILES string of the molecule is CC12CCC(C(=O)Nc3cc(F)ccc3F)(c3nc(C#N)c(C#N)nc31)C2(C)C. The second-order valence-electron chi connectivity index (χ2n) is 8.28. The Morgan fingerprint density at radius 3 is 2.31 bits per heavy atom. The maximum Gasteiger partial charge on any atom is 0.237 e. The third kappa shape index (κ3) is 2.14. The average molecular weight is 393 g/mol. The van der Waals surface area contributed by atoms with Crippen molar-refractivity contribution in [2.75, 3.05) is 5.32 Å². The number of nitriles is 2. The van der Waals surface area contributed by atoms with E-state index in [1.165, 1.54) is 0 Å². The van der Waals surface area contributed by atoms with Crippen LogP contribution in [-0.2, 0) is 15.6 Å². The topological polar surface area (TPSA) is 102 Å². The Labute approximate surface area is 166 Å². The normalized spacial score (nSPS) is 25.8. The van der Waals surface area contributed by atoms with Crippen LogP contribution < -0.4 is 5.32 Å². The summed E-state index contributed by atoms with van der Waals surface area (Å²) < 4.78 is 27.7. The zero-order valence-corrected chi connectivity index (χ0v) is 16.1. The van der Waals surface area contributed by atoms with Crippen molar-refractivity contribution in [2.24, 2.45) is 5.41 Å². The Morgan fingerprint density at radius 1 is 1.07 bits per heavy atom. The number of carbonyl (C=O) groups excluding carboxylic acids is 1. The van der Waals surface area contributed by atoms with E-state index in [4.69, 9.17) is 0 Å². The number of benzene rings is 1. The summed E-state index contributed by atoms with van der Waals surface area (Å²) in [7, 11) is 0. The van der Waals surface area contributed by atoms with Gasteiger partial charge in [-0.05, 0) is 30.4 Å². The molecule has 0 saturated heterocycles. The van der Waals surface area contributed by atoms with Gasteiger partial charge < -0.3 is 5.32 Å². The molecule has 2 unspecified atom stereocenters. The third-order valence-electron chi connectivity index (χ3n) is 7.05. The summed E-state index contributed by atoms with van der Waals surface area (Å²) in [5.74, 6) is -1.96. The van der Waals surface area contributed by atoms with E-state index >= 15 is 0 Å². The molecule has 1 saturated carbocycles. The van der Waals surface area contributed by atoms with Gasteiger partial charge in [-0.15, -0.1) is 0 Å². The minimum Gasteiger partial charge on any atom is -0.323 e. The molecular weight excluding hydrogens is 376 g/mol. The van der Waals surface area contributed by atoms with Gasteiger partial charge in [0.25, 0.3) is 0 Å². The zero-order chi connectivity index (χ0) is 21.2. The minimum atomic E-state index is -1.19. The highest BCUT2D eigenvalue weighted by Gasteiger charge is 2.73. The molecule has 2 atom stereocenters. The predicted octanol–water partition coefficient (Wildman–Crippen LogP) is 3.47. The van der Waals surface area contributed by atoms with E-state index in [0.29, 0.717) is 24.2 Å². The van der Waals surface area contributed by atoms with Crippen LogP contribution in [0.5, 0.6) is 0 Å². The monoisotopic (exact) mass is 393 g/mol. The fourth-order valence-electron chi connectivity index (χ4n) is 4.96. The molecule has 1 N–H and O–H groups in total. The largest absolute Gasteiger partial charge is 0.323 e. The van der Waals surface area contributed by atoms with Crippen molar-refractivity contribution in [1.82, 2.24) is 9.97 Å². The van der Waals surface area contributed by atoms with Gasteiger partial charge in [-0.2, -0.15) is 10.5 Å². The molecule has 29 heavy (non-hydrogen) atoms. The molecule has 1 aromatic heterocycles. The Hall–Kier alpha value is -3.39. The standard InChI is InChI=1S/C21H17F2N5O/c1-19(2)20(3)6-7-21(19,17-16(20)26-14(9-24)15(10-25)27-17)18(29)28-13-8-11(22)4-5-12(13)23/h4-5,8H,6-7H2,1-3H3,(H,28,29). The molecule has 2 aliphatic rings. The summed E-state index contributed by atoms with van der Waals surface area (Å²) in [6.07, 6.45) is 1.02. The molecule has 6 nitrogen and oxygen atoms in total. The molecule has 1 aromatic carbocycles. The number of anilines is 1. The average Bonchev–Trinajstić information content (AvgIpc) is 2.99. The quantitative estimate of drug-likeness (QED) is 0.842. The van der Waals surface area contributed by atoms with Crippen LogP contribution in [0.1, 0.15) is 56.4 Å². The number of fused-ring (bicyclic) bond motifs is 5. The number of hydrogen-bond donors (Lipinski definition) is 1. The highest BCUT2D eigenvalue weighted by molar-refractivity contribution is 6.01. The predicted molar refractivity (Wildman–Crippen MR) is 98.5 cm³/mol. The molecule has 0 aliphatic heterocycles. The van der Waals surface area contributed by atoms with E-state index in [1.54, 1.807) is 0 Å². The Bertz CT molecular complexity index is 1160. The number of nitrogens with zero attached hydrogens (tertiary/aromatic N) is 4. The van der Waals surface area contributed by atoms with E-state index in [-0.39, 0.29) is 17.1 Å². The van der Waals surface area contributed by atoms with Crippen LogP contribution in [0.15, 0.2) is 18.2 Å². The van der Waals surface area contributed by atoms with Gasteiger partial charge in [-0.3, -0.25) is 4.79 Å². The lowest BCUT2D eigenvalue weighted by molar-refractivity contribution is -0.125. The van der Waals surface area contributed by atoms with Crippen molar-refractivity contribution in [3.05, 3.63) is 52.6 Å². The molecule has 2 aliphatic carbocycles. The zero-order valence-electron chi connectivity index (χ0n) is 16.1. The molecule has 1 fully saturated rings. The minimum absolute atomic E-state index is 0.0810. The summed E-state index contributed by atoms with van der Waals surface area (Å²) >= 11 is 0. The van der Waals surface area contributed by atoms with Crippen LogP contribution in [0.25, 0.3) is 0 Å². The lowest BCUT2D eigenvalue weighted by Gasteiger charge is -2.39. The molecule has 2 bridgehead atoms. The van der Waals surface area contributed by atoms with Gasteiger partial charge in [0.15, 0.2) is 11.4 Å². The Balaban J connectivity index is 1.92. The lowest BCUT2D eigenvalue weighted by Crippen LogP contribution is -2.48. The molecule has 1 amide bonds. The summed E-state index contributed by atoms with van der Waals surface area (Å²) in [6.45, 7) is 5.77. The molecular formula is C21H17F2N5O. The number of rotatable bonds is 2. The van der Waals surface area contributed by atoms with Gasteiger partial charge in [0.2, 0.25) is 5.91 Å². The number of aromatic nitrogens is 2. The van der Waals surface area contributed by atoms with Crippen molar-refractivity contribution in [2.45, 2.75) is 44.4 Å². The first-order valence-corrected chi connectivity index (χ1v) is 9.12. The molecule has 1 heterocycles. The van der Waals surface area contributed by atoms with Crippen molar-refractivity contribution in [3.63, 3.8) is 0 Å². The van der Waals surface area contributed by atoms with Gasteiger partial charge in [0.05, 0.1) is 22.5 Å². The number of nitrogens with one attached hydrogen (secondary N) is 1. The van der Waals surface area contributed by atoms with Crippen LogP contribution >= 0.6 is 0 Å². The van der Waals surface area contributed by atoms with Crippen molar-refractivity contribution < 1.29 is 13.6 Å². The van der Waals surface area contributed by atoms with Gasteiger partial charge in [-0.25, -0.2) is 18.7 Å². The van der Waals surface area contributed by atoms with Crippen LogP contribution in [-0.4, -0.2) is 15.9 Å².